The first-order chi connectivity index (χ1) is 8.11. The number of amides is 1. The molecule has 0 radical (unpaired) electrons. The largest absolute Gasteiger partial charge is 0.469 e. The van der Waals surface area contributed by atoms with Crippen molar-refractivity contribution in [2.75, 3.05) is 7.11 Å². The standard InChI is InChI=1S/C12H15NO4/c1-9(8-12(15)16-2)13-11(14)6-5-10-4-3-7-17-10/h3-7,9H,8H2,1-2H3,(H,13,14)/b6-5+. The molecule has 1 N–H and O–H groups in total. The van der Waals surface area contributed by atoms with E-state index in [9.17, 15) is 9.59 Å². The summed E-state index contributed by atoms with van der Waals surface area (Å²) >= 11 is 0. The summed E-state index contributed by atoms with van der Waals surface area (Å²) < 4.78 is 9.53. The number of esters is 1. The van der Waals surface area contributed by atoms with Crippen molar-refractivity contribution >= 4 is 18.0 Å². The zero-order chi connectivity index (χ0) is 12.7. The van der Waals surface area contributed by atoms with Crippen molar-refractivity contribution in [3.05, 3.63) is 30.2 Å². The van der Waals surface area contributed by atoms with Gasteiger partial charge in [-0.3, -0.25) is 9.59 Å². The summed E-state index contributed by atoms with van der Waals surface area (Å²) in [5, 5.41) is 2.64. The summed E-state index contributed by atoms with van der Waals surface area (Å²) in [6.45, 7) is 1.73. The van der Waals surface area contributed by atoms with E-state index in [0.29, 0.717) is 5.76 Å². The summed E-state index contributed by atoms with van der Waals surface area (Å²) in [7, 11) is 1.31. The fourth-order valence-corrected chi connectivity index (χ4v) is 1.22. The molecule has 0 saturated heterocycles. The number of hydrogen-bond donors (Lipinski definition) is 1. The van der Waals surface area contributed by atoms with E-state index in [-0.39, 0.29) is 24.3 Å². The maximum Gasteiger partial charge on any atom is 0.307 e. The van der Waals surface area contributed by atoms with Gasteiger partial charge in [-0.1, -0.05) is 0 Å². The zero-order valence-electron chi connectivity index (χ0n) is 9.80. The van der Waals surface area contributed by atoms with Gasteiger partial charge in [0.05, 0.1) is 19.8 Å². The first-order valence-electron chi connectivity index (χ1n) is 5.20. The Morgan fingerprint density at radius 3 is 2.94 bits per heavy atom. The van der Waals surface area contributed by atoms with Gasteiger partial charge in [0.15, 0.2) is 0 Å². The summed E-state index contributed by atoms with van der Waals surface area (Å²) in [5.74, 6) is -0.0358. The van der Waals surface area contributed by atoms with Crippen LogP contribution in [0.2, 0.25) is 0 Å². The van der Waals surface area contributed by atoms with Gasteiger partial charge in [-0.25, -0.2) is 0 Å². The molecule has 5 heteroatoms. The first-order valence-corrected chi connectivity index (χ1v) is 5.20. The van der Waals surface area contributed by atoms with Crippen molar-refractivity contribution in [1.29, 1.82) is 0 Å². The van der Waals surface area contributed by atoms with E-state index >= 15 is 0 Å². The molecule has 0 saturated carbocycles. The van der Waals surface area contributed by atoms with E-state index in [2.05, 4.69) is 10.1 Å². The van der Waals surface area contributed by atoms with Gasteiger partial charge in [-0.05, 0) is 25.1 Å². The van der Waals surface area contributed by atoms with Gasteiger partial charge in [-0.2, -0.15) is 0 Å². The van der Waals surface area contributed by atoms with Crippen LogP contribution in [0.1, 0.15) is 19.1 Å². The molecule has 1 aromatic rings. The Kier molecular flexibility index (Phi) is 5.00. The van der Waals surface area contributed by atoms with Crippen LogP contribution in [-0.4, -0.2) is 25.0 Å². The lowest BCUT2D eigenvalue weighted by Gasteiger charge is -2.10. The lowest BCUT2D eigenvalue weighted by molar-refractivity contribution is -0.141. The van der Waals surface area contributed by atoms with Gasteiger partial charge in [0.1, 0.15) is 5.76 Å². The van der Waals surface area contributed by atoms with Crippen LogP contribution in [-0.2, 0) is 14.3 Å². The summed E-state index contributed by atoms with van der Waals surface area (Å²) in [6.07, 6.45) is 4.58. The average molecular weight is 237 g/mol. The van der Waals surface area contributed by atoms with Crippen LogP contribution < -0.4 is 5.32 Å². The molecule has 1 aromatic heterocycles. The number of hydrogen-bond acceptors (Lipinski definition) is 4. The molecule has 1 atom stereocenters. The quantitative estimate of drug-likeness (QED) is 0.620. The fourth-order valence-electron chi connectivity index (χ4n) is 1.22. The molecule has 0 bridgehead atoms. The normalized spacial score (nSPS) is 12.4. The van der Waals surface area contributed by atoms with Gasteiger partial charge >= 0.3 is 5.97 Å². The summed E-state index contributed by atoms with van der Waals surface area (Å²) in [4.78, 5) is 22.4. The van der Waals surface area contributed by atoms with Crippen molar-refractivity contribution in [2.24, 2.45) is 0 Å². The molecule has 92 valence electrons. The molecule has 0 fully saturated rings. The Labute approximate surface area is 99.4 Å². The molecule has 1 unspecified atom stereocenters. The number of furan rings is 1. The number of carbonyl (C=O) groups excluding carboxylic acids is 2. The van der Waals surface area contributed by atoms with Crippen molar-refractivity contribution in [1.82, 2.24) is 5.32 Å². The molecule has 0 aliphatic rings. The molecule has 17 heavy (non-hydrogen) atoms. The van der Waals surface area contributed by atoms with Gasteiger partial charge in [0.2, 0.25) is 5.91 Å². The number of rotatable bonds is 5. The van der Waals surface area contributed by atoms with E-state index in [1.54, 1.807) is 25.1 Å². The third-order valence-electron chi connectivity index (χ3n) is 2.03. The van der Waals surface area contributed by atoms with Crippen LogP contribution >= 0.6 is 0 Å². The minimum absolute atomic E-state index is 0.150. The predicted molar refractivity (Wildman–Crippen MR) is 62.0 cm³/mol. The minimum Gasteiger partial charge on any atom is -0.469 e. The smallest absolute Gasteiger partial charge is 0.307 e. The number of ether oxygens (including phenoxy) is 1. The van der Waals surface area contributed by atoms with Crippen molar-refractivity contribution in [3.8, 4) is 0 Å². The highest BCUT2D eigenvalue weighted by Crippen LogP contribution is 2.02. The second-order valence-corrected chi connectivity index (χ2v) is 3.54. The SMILES string of the molecule is COC(=O)CC(C)NC(=O)/C=C/c1ccco1. The van der Waals surface area contributed by atoms with E-state index in [0.717, 1.165) is 0 Å². The van der Waals surface area contributed by atoms with Crippen LogP contribution in [0.15, 0.2) is 28.9 Å². The van der Waals surface area contributed by atoms with Crippen LogP contribution in [0.3, 0.4) is 0 Å². The number of carbonyl (C=O) groups is 2. The van der Waals surface area contributed by atoms with Crippen molar-refractivity contribution in [3.63, 3.8) is 0 Å². The van der Waals surface area contributed by atoms with Crippen molar-refractivity contribution < 1.29 is 18.7 Å². The third-order valence-corrected chi connectivity index (χ3v) is 2.03. The highest BCUT2D eigenvalue weighted by atomic mass is 16.5. The van der Waals surface area contributed by atoms with Crippen LogP contribution in [0.25, 0.3) is 6.08 Å². The summed E-state index contributed by atoms with van der Waals surface area (Å²) in [5.41, 5.74) is 0. The number of methoxy groups -OCH3 is 1. The zero-order valence-corrected chi connectivity index (χ0v) is 9.80. The van der Waals surface area contributed by atoms with E-state index in [1.165, 1.54) is 19.4 Å². The van der Waals surface area contributed by atoms with E-state index in [4.69, 9.17) is 4.42 Å². The van der Waals surface area contributed by atoms with Crippen LogP contribution in [0.4, 0.5) is 0 Å². The maximum absolute atomic E-state index is 11.4. The molecule has 0 aliphatic heterocycles. The first kappa shape index (κ1) is 13.0. The van der Waals surface area contributed by atoms with Gasteiger partial charge < -0.3 is 14.5 Å². The van der Waals surface area contributed by atoms with Crippen molar-refractivity contribution in [2.45, 2.75) is 19.4 Å². The second-order valence-electron chi connectivity index (χ2n) is 3.54. The molecule has 1 heterocycles. The Balaban J connectivity index is 2.36. The minimum atomic E-state index is -0.354. The molecule has 0 spiro atoms. The van der Waals surface area contributed by atoms with E-state index in [1.807, 2.05) is 0 Å². The van der Waals surface area contributed by atoms with Crippen LogP contribution in [0.5, 0.6) is 0 Å². The highest BCUT2D eigenvalue weighted by Gasteiger charge is 2.10. The predicted octanol–water partition coefficient (Wildman–Crippen LogP) is 1.36. The molecule has 0 aliphatic carbocycles. The number of nitrogens with one attached hydrogen (secondary N) is 1. The Bertz CT molecular complexity index is 395. The molecular formula is C12H15NO4. The van der Waals surface area contributed by atoms with Gasteiger partial charge in [0, 0.05) is 12.1 Å². The topological polar surface area (TPSA) is 68.5 Å². The Morgan fingerprint density at radius 1 is 1.59 bits per heavy atom. The maximum atomic E-state index is 11.4. The van der Waals surface area contributed by atoms with Crippen LogP contribution in [0, 0.1) is 0 Å². The van der Waals surface area contributed by atoms with Gasteiger partial charge in [0.25, 0.3) is 0 Å². The summed E-state index contributed by atoms with van der Waals surface area (Å²) in [6, 6.07) is 3.20. The fraction of sp³-hybridized carbons (Fsp3) is 0.333. The highest BCUT2D eigenvalue weighted by molar-refractivity contribution is 5.91. The molecule has 0 aromatic carbocycles. The van der Waals surface area contributed by atoms with Gasteiger partial charge in [-0.15, -0.1) is 0 Å². The monoisotopic (exact) mass is 237 g/mol. The molecular weight excluding hydrogens is 222 g/mol. The van der Waals surface area contributed by atoms with E-state index < -0.39 is 0 Å². The average Bonchev–Trinajstić information content (AvgIpc) is 2.78. The second kappa shape index (κ2) is 6.52. The molecule has 1 amide bonds. The Morgan fingerprint density at radius 2 is 2.35 bits per heavy atom. The lowest BCUT2D eigenvalue weighted by Crippen LogP contribution is -2.33. The molecule has 5 nitrogen and oxygen atoms in total. The third kappa shape index (κ3) is 5.01. The molecule has 1 rings (SSSR count). The Hall–Kier alpha value is -2.04. The lowest BCUT2D eigenvalue weighted by atomic mass is 10.2.